The molecule has 296 valence electrons. The van der Waals surface area contributed by atoms with Crippen LogP contribution >= 0.6 is 0 Å². The van der Waals surface area contributed by atoms with Gasteiger partial charge in [-0.25, -0.2) is 0 Å². The average molecular weight is 813 g/mol. The molecule has 0 unspecified atom stereocenters. The number of hydrogen-bond acceptors (Lipinski definition) is 11. The van der Waals surface area contributed by atoms with Gasteiger partial charge in [0.1, 0.15) is 11.5 Å². The Labute approximate surface area is 345 Å². The molecular formula is C47H36N6O6S. The zero-order valence-corrected chi connectivity index (χ0v) is 33.0. The maximum atomic E-state index is 13.7. The number of aliphatic imine (C=N–C) groups is 1. The van der Waals surface area contributed by atoms with Gasteiger partial charge in [-0.2, -0.15) is 13.5 Å². The highest BCUT2D eigenvalue weighted by molar-refractivity contribution is 7.85. The fourth-order valence-corrected chi connectivity index (χ4v) is 7.51. The molecule has 1 aliphatic carbocycles. The second kappa shape index (κ2) is 16.8. The minimum atomic E-state index is -4.53. The summed E-state index contributed by atoms with van der Waals surface area (Å²) in [6, 6.07) is 38.3. The third-order valence-corrected chi connectivity index (χ3v) is 10.8. The lowest BCUT2D eigenvalue weighted by Crippen LogP contribution is -2.17. The van der Waals surface area contributed by atoms with Crippen LogP contribution in [-0.4, -0.2) is 36.9 Å². The molecule has 7 aromatic carbocycles. The molecule has 3 N–H and O–H groups in total. The van der Waals surface area contributed by atoms with Crippen LogP contribution in [-0.2, 0) is 23.1 Å². The molecular weight excluding hydrogens is 777 g/mol. The summed E-state index contributed by atoms with van der Waals surface area (Å²) in [7, 11) is -4.53. The number of azo groups is 2. The fourth-order valence-electron chi connectivity index (χ4n) is 7.00. The van der Waals surface area contributed by atoms with Crippen molar-refractivity contribution in [3.8, 4) is 5.75 Å². The fraction of sp³-hybridized carbons (Fsp3) is 0.0851. The van der Waals surface area contributed by atoms with Crippen LogP contribution in [0, 0.1) is 0 Å². The maximum Gasteiger partial charge on any atom is 0.294 e. The number of carbonyl (C=O) groups is 2. The van der Waals surface area contributed by atoms with E-state index in [4.69, 9.17) is 15.5 Å². The van der Waals surface area contributed by atoms with Crippen LogP contribution in [0.4, 0.5) is 28.4 Å². The Morgan fingerprint density at radius 3 is 2.18 bits per heavy atom. The van der Waals surface area contributed by atoms with E-state index in [1.165, 1.54) is 12.1 Å². The number of ether oxygens (including phenoxy) is 1. The summed E-state index contributed by atoms with van der Waals surface area (Å²) >= 11 is 0. The van der Waals surface area contributed by atoms with Gasteiger partial charge in [0.05, 0.1) is 40.8 Å². The topological polar surface area (TPSA) is 186 Å². The Morgan fingerprint density at radius 2 is 1.42 bits per heavy atom. The number of carbonyl (C=O) groups excluding carboxylic acids is 2. The quantitative estimate of drug-likeness (QED) is 0.0531. The number of fused-ring (bicyclic) bond motifs is 3. The van der Waals surface area contributed by atoms with Gasteiger partial charge in [0.15, 0.2) is 5.78 Å². The number of ketones is 2. The van der Waals surface area contributed by atoms with Crippen LogP contribution in [0.15, 0.2) is 170 Å². The average Bonchev–Trinajstić information content (AvgIpc) is 3.25. The molecule has 0 spiro atoms. The number of nitrogens with zero attached hydrogens (tertiary/aromatic N) is 5. The van der Waals surface area contributed by atoms with Crippen molar-refractivity contribution < 1.29 is 27.3 Å². The molecule has 7 aromatic rings. The molecule has 0 atom stereocenters. The monoisotopic (exact) mass is 812 g/mol. The number of hydrogen-bond donors (Lipinski definition) is 2. The maximum absolute atomic E-state index is 13.7. The molecule has 0 bridgehead atoms. The predicted octanol–water partition coefficient (Wildman–Crippen LogP) is 11.3. The molecule has 0 aromatic heterocycles. The molecule has 0 fully saturated rings. The summed E-state index contributed by atoms with van der Waals surface area (Å²) < 4.78 is 40.3. The van der Waals surface area contributed by atoms with E-state index in [1.807, 2.05) is 73.7 Å². The number of Topliss-reactive ketones (excluding diaryl/α,β-unsaturated/α-hetero) is 2. The van der Waals surface area contributed by atoms with E-state index in [-0.39, 0.29) is 35.1 Å². The molecule has 0 saturated carbocycles. The summed E-state index contributed by atoms with van der Waals surface area (Å²) in [4.78, 5) is 31.1. The summed E-state index contributed by atoms with van der Waals surface area (Å²) in [5.74, 6) is 0.206. The first kappa shape index (κ1) is 39.4. The van der Waals surface area contributed by atoms with Crippen molar-refractivity contribution in [1.82, 2.24) is 0 Å². The molecule has 0 radical (unpaired) electrons. The van der Waals surface area contributed by atoms with Crippen LogP contribution in [0.2, 0.25) is 0 Å². The second-order valence-electron chi connectivity index (χ2n) is 13.9. The third-order valence-electron chi connectivity index (χ3n) is 9.92. The highest BCUT2D eigenvalue weighted by atomic mass is 32.2. The van der Waals surface area contributed by atoms with E-state index < -0.39 is 10.1 Å². The van der Waals surface area contributed by atoms with Crippen molar-refractivity contribution >= 4 is 83.5 Å². The van der Waals surface area contributed by atoms with Crippen molar-refractivity contribution in [2.24, 2.45) is 25.4 Å². The predicted molar refractivity (Wildman–Crippen MR) is 234 cm³/mol. The van der Waals surface area contributed by atoms with E-state index in [2.05, 4.69) is 20.5 Å². The molecule has 0 amide bonds. The van der Waals surface area contributed by atoms with Gasteiger partial charge < -0.3 is 10.5 Å². The smallest absolute Gasteiger partial charge is 0.294 e. The minimum absolute atomic E-state index is 0.0695. The van der Waals surface area contributed by atoms with Crippen molar-refractivity contribution in [3.63, 3.8) is 0 Å². The van der Waals surface area contributed by atoms with E-state index in [0.717, 1.165) is 21.9 Å². The van der Waals surface area contributed by atoms with Gasteiger partial charge in [0.25, 0.3) is 10.1 Å². The lowest BCUT2D eigenvalue weighted by Gasteiger charge is -2.16. The molecule has 8 rings (SSSR count). The van der Waals surface area contributed by atoms with Crippen LogP contribution in [0.3, 0.4) is 0 Å². The number of nitrogens with two attached hydrogens (primary N) is 1. The van der Waals surface area contributed by atoms with E-state index >= 15 is 0 Å². The summed E-state index contributed by atoms with van der Waals surface area (Å²) in [5, 5.41) is 20.4. The zero-order valence-electron chi connectivity index (χ0n) is 32.2. The first-order chi connectivity index (χ1) is 29.1. The highest BCUT2D eigenvalue weighted by Gasteiger charge is 2.22. The Morgan fingerprint density at radius 1 is 0.700 bits per heavy atom. The van der Waals surface area contributed by atoms with Crippen LogP contribution in [0.25, 0.3) is 27.6 Å². The highest BCUT2D eigenvalue weighted by Crippen LogP contribution is 2.40. The number of benzene rings is 7. The van der Waals surface area contributed by atoms with Crippen LogP contribution < -0.4 is 10.5 Å². The first-order valence-electron chi connectivity index (χ1n) is 18.9. The molecule has 12 nitrogen and oxygen atoms in total. The zero-order chi connectivity index (χ0) is 41.8. The molecule has 13 heteroatoms. The first-order valence-corrected chi connectivity index (χ1v) is 20.4. The van der Waals surface area contributed by atoms with Crippen LogP contribution in [0.5, 0.6) is 5.75 Å². The Balaban J connectivity index is 1.10. The molecule has 0 heterocycles. The molecule has 0 saturated heterocycles. The largest absolute Gasteiger partial charge is 0.493 e. The van der Waals surface area contributed by atoms with Crippen LogP contribution in [0.1, 0.15) is 44.3 Å². The van der Waals surface area contributed by atoms with Gasteiger partial charge in [0, 0.05) is 51.0 Å². The molecule has 1 aliphatic rings. The van der Waals surface area contributed by atoms with Gasteiger partial charge in [-0.3, -0.25) is 19.1 Å². The lowest BCUT2D eigenvalue weighted by molar-refractivity contribution is 0.0992. The number of anilines is 1. The van der Waals surface area contributed by atoms with E-state index in [0.29, 0.717) is 68.3 Å². The number of rotatable bonds is 12. The Hall–Kier alpha value is -7.48. The minimum Gasteiger partial charge on any atom is -0.493 e. The van der Waals surface area contributed by atoms with E-state index in [9.17, 15) is 22.6 Å². The van der Waals surface area contributed by atoms with Crippen molar-refractivity contribution in [2.45, 2.75) is 24.8 Å². The van der Waals surface area contributed by atoms with Gasteiger partial charge in [-0.15, -0.1) is 15.3 Å². The Kier molecular flexibility index (Phi) is 11.0. The van der Waals surface area contributed by atoms with Gasteiger partial charge >= 0.3 is 0 Å². The standard InChI is InChI=1S/C47H36N6O6S/c1-2-59-46-27-44(53-52-42-22-21-41(51-50-33-11-4-3-5-12-33)38-19-17-34(26-39(38)42)60(56,57)58)37-14-7-6-13-36(37)40(46)28-49-43-20-16-30-23-29(15-18-35(30)47(43)55)24-45(54)31-9-8-10-32(48)25-31/h3-23,25-27H,2,24,28,48H2,1H3,(H,56,57,58). The molecule has 0 aliphatic heterocycles. The van der Waals surface area contributed by atoms with Crippen molar-refractivity contribution in [2.75, 3.05) is 12.3 Å². The van der Waals surface area contributed by atoms with Gasteiger partial charge in [-0.05, 0) is 78.0 Å². The van der Waals surface area contributed by atoms with Gasteiger partial charge in [-0.1, -0.05) is 84.9 Å². The third kappa shape index (κ3) is 8.39. The molecule has 60 heavy (non-hydrogen) atoms. The lowest BCUT2D eigenvalue weighted by atomic mass is 9.91. The second-order valence-corrected chi connectivity index (χ2v) is 15.3. The normalized spacial score (nSPS) is 13.5. The SMILES string of the molecule is CCOc1cc(N=Nc2ccc(N=Nc3ccccc3)c3ccc(S(=O)(=O)O)cc23)c2ccccc2c1CN=C1C=Cc2cc(CC(=O)c3cccc(N)c3)ccc2C1=O. The van der Waals surface area contributed by atoms with Crippen molar-refractivity contribution in [3.05, 3.63) is 167 Å². The number of nitrogen functional groups attached to an aromatic ring is 1. The van der Waals surface area contributed by atoms with E-state index in [1.54, 1.807) is 66.7 Å². The van der Waals surface area contributed by atoms with Crippen molar-refractivity contribution in [1.29, 1.82) is 0 Å². The summed E-state index contributed by atoms with van der Waals surface area (Å²) in [5.41, 5.74) is 11.8. The summed E-state index contributed by atoms with van der Waals surface area (Å²) in [6.45, 7) is 2.33. The summed E-state index contributed by atoms with van der Waals surface area (Å²) in [6.07, 6.45) is 3.68. The Bertz CT molecular complexity index is 3090. The number of allylic oxidation sites excluding steroid dienone is 1. The van der Waals surface area contributed by atoms with Gasteiger partial charge in [0.2, 0.25) is 5.78 Å².